The van der Waals surface area contributed by atoms with Gasteiger partial charge in [-0.3, -0.25) is 9.59 Å². The fraction of sp³-hybridized carbons (Fsp3) is 0.304. The number of aromatic nitrogens is 2. The lowest BCUT2D eigenvalue weighted by Crippen LogP contribution is -2.30. The van der Waals surface area contributed by atoms with Crippen LogP contribution < -0.4 is 14.8 Å². The van der Waals surface area contributed by atoms with Crippen LogP contribution in [0.25, 0.3) is 11.4 Å². The minimum absolute atomic E-state index is 0.160. The number of nitrogens with zero attached hydrogens (tertiary/aromatic N) is 2. The van der Waals surface area contributed by atoms with Gasteiger partial charge in [-0.1, -0.05) is 43.3 Å². The number of methoxy groups -OCH3 is 2. The van der Waals surface area contributed by atoms with Gasteiger partial charge in [0, 0.05) is 11.1 Å². The summed E-state index contributed by atoms with van der Waals surface area (Å²) in [6, 6.07) is 12.5. The normalized spacial score (nSPS) is 10.7. The third-order valence-corrected chi connectivity index (χ3v) is 4.70. The zero-order valence-electron chi connectivity index (χ0n) is 18.4. The molecule has 3 aromatic rings. The summed E-state index contributed by atoms with van der Waals surface area (Å²) >= 11 is 0. The fourth-order valence-electron chi connectivity index (χ4n) is 2.87. The molecule has 32 heavy (non-hydrogen) atoms. The summed E-state index contributed by atoms with van der Waals surface area (Å²) in [6.07, 6.45) is 0. The first-order valence-corrected chi connectivity index (χ1v) is 10.00. The number of carbonyl (C=O) groups is 2. The van der Waals surface area contributed by atoms with E-state index < -0.39 is 11.9 Å². The highest BCUT2D eigenvalue weighted by molar-refractivity contribution is 5.96. The Labute approximate surface area is 185 Å². The Morgan fingerprint density at radius 2 is 1.75 bits per heavy atom. The van der Waals surface area contributed by atoms with E-state index >= 15 is 0 Å². The molecule has 0 aliphatic rings. The Balaban J connectivity index is 1.49. The van der Waals surface area contributed by atoms with E-state index in [0.29, 0.717) is 28.8 Å². The van der Waals surface area contributed by atoms with Crippen molar-refractivity contribution >= 4 is 11.9 Å². The lowest BCUT2D eigenvalue weighted by molar-refractivity contribution is -0.144. The van der Waals surface area contributed by atoms with Crippen LogP contribution in [0.4, 0.5) is 0 Å². The molecule has 0 fully saturated rings. The zero-order chi connectivity index (χ0) is 23.1. The second kappa shape index (κ2) is 10.4. The lowest BCUT2D eigenvalue weighted by atomic mass is 10.0. The minimum atomic E-state index is -0.639. The summed E-state index contributed by atoms with van der Waals surface area (Å²) in [7, 11) is 2.98. The molecule has 0 bridgehead atoms. The molecule has 0 unspecified atom stereocenters. The monoisotopic (exact) mass is 439 g/mol. The predicted molar refractivity (Wildman–Crippen MR) is 115 cm³/mol. The van der Waals surface area contributed by atoms with Crippen LogP contribution in [0, 0.1) is 0 Å². The molecule has 168 valence electrons. The SMILES string of the molecule is COc1ccc(C(=O)NCC(=O)OCc2nc(-c3ccc(C(C)C)cc3)no2)cc1OC. The van der Waals surface area contributed by atoms with Crippen LogP contribution >= 0.6 is 0 Å². The maximum Gasteiger partial charge on any atom is 0.325 e. The molecule has 0 aliphatic heterocycles. The molecule has 0 saturated carbocycles. The van der Waals surface area contributed by atoms with Gasteiger partial charge in [-0.15, -0.1) is 0 Å². The molecule has 0 radical (unpaired) electrons. The topological polar surface area (TPSA) is 113 Å². The van der Waals surface area contributed by atoms with Crippen LogP contribution in [-0.4, -0.2) is 42.8 Å². The van der Waals surface area contributed by atoms with Gasteiger partial charge in [0.15, 0.2) is 18.1 Å². The van der Waals surface area contributed by atoms with Crippen LogP contribution in [0.2, 0.25) is 0 Å². The van der Waals surface area contributed by atoms with Gasteiger partial charge < -0.3 is 24.1 Å². The van der Waals surface area contributed by atoms with Gasteiger partial charge >= 0.3 is 5.97 Å². The number of esters is 1. The van der Waals surface area contributed by atoms with Gasteiger partial charge in [0.05, 0.1) is 14.2 Å². The summed E-state index contributed by atoms with van der Waals surface area (Å²) in [5, 5.41) is 6.41. The molecule has 0 saturated heterocycles. The quantitative estimate of drug-likeness (QED) is 0.505. The molecule has 0 atom stereocenters. The van der Waals surface area contributed by atoms with Crippen molar-refractivity contribution in [1.29, 1.82) is 0 Å². The Hall–Kier alpha value is -3.88. The average Bonchev–Trinajstić information content (AvgIpc) is 3.29. The highest BCUT2D eigenvalue weighted by atomic mass is 16.6. The molecule has 1 heterocycles. The van der Waals surface area contributed by atoms with E-state index in [0.717, 1.165) is 5.56 Å². The molecule has 2 aromatic carbocycles. The minimum Gasteiger partial charge on any atom is -0.493 e. The van der Waals surface area contributed by atoms with E-state index in [1.54, 1.807) is 12.1 Å². The number of hydrogen-bond donors (Lipinski definition) is 1. The third-order valence-electron chi connectivity index (χ3n) is 4.70. The number of nitrogens with one attached hydrogen (secondary N) is 1. The zero-order valence-corrected chi connectivity index (χ0v) is 18.4. The number of amides is 1. The summed E-state index contributed by atoms with van der Waals surface area (Å²) in [6.45, 7) is 3.73. The summed E-state index contributed by atoms with van der Waals surface area (Å²) in [4.78, 5) is 28.5. The highest BCUT2D eigenvalue weighted by Crippen LogP contribution is 2.27. The van der Waals surface area contributed by atoms with Crippen LogP contribution in [0.3, 0.4) is 0 Å². The van der Waals surface area contributed by atoms with Crippen LogP contribution in [0.5, 0.6) is 11.5 Å². The molecule has 1 N–H and O–H groups in total. The van der Waals surface area contributed by atoms with Crippen LogP contribution in [-0.2, 0) is 16.1 Å². The van der Waals surface area contributed by atoms with Gasteiger partial charge in [-0.05, 0) is 29.7 Å². The van der Waals surface area contributed by atoms with Crippen molar-refractivity contribution in [2.24, 2.45) is 0 Å². The largest absolute Gasteiger partial charge is 0.493 e. The lowest BCUT2D eigenvalue weighted by Gasteiger charge is -2.09. The van der Waals surface area contributed by atoms with Crippen molar-refractivity contribution in [2.75, 3.05) is 20.8 Å². The average molecular weight is 439 g/mol. The maximum absolute atomic E-state index is 12.3. The second-order valence-corrected chi connectivity index (χ2v) is 7.20. The molecule has 1 amide bonds. The highest BCUT2D eigenvalue weighted by Gasteiger charge is 2.14. The summed E-state index contributed by atoms with van der Waals surface area (Å²) in [5.41, 5.74) is 2.33. The summed E-state index contributed by atoms with van der Waals surface area (Å²) in [5.74, 6) is 0.817. The number of carbonyl (C=O) groups excluding carboxylic acids is 2. The first-order chi connectivity index (χ1) is 15.4. The van der Waals surface area contributed by atoms with Crippen molar-refractivity contribution < 1.29 is 28.3 Å². The Morgan fingerprint density at radius 3 is 2.41 bits per heavy atom. The molecule has 1 aromatic heterocycles. The van der Waals surface area contributed by atoms with Crippen molar-refractivity contribution in [3.63, 3.8) is 0 Å². The molecular formula is C23H25N3O6. The van der Waals surface area contributed by atoms with Gasteiger partial charge in [0.1, 0.15) is 6.54 Å². The smallest absolute Gasteiger partial charge is 0.325 e. The van der Waals surface area contributed by atoms with Crippen LogP contribution in [0.1, 0.15) is 41.6 Å². The molecule has 3 rings (SSSR count). The predicted octanol–water partition coefficient (Wildman–Crippen LogP) is 3.35. The van der Waals surface area contributed by atoms with E-state index in [1.807, 2.05) is 24.3 Å². The van der Waals surface area contributed by atoms with Gasteiger partial charge in [-0.2, -0.15) is 4.98 Å². The van der Waals surface area contributed by atoms with E-state index in [9.17, 15) is 9.59 Å². The van der Waals surface area contributed by atoms with Gasteiger partial charge in [-0.25, -0.2) is 0 Å². The standard InChI is InChI=1S/C23H25N3O6/c1-14(2)15-5-7-16(8-6-15)22-25-20(32-26-22)13-31-21(27)12-24-23(28)17-9-10-18(29-3)19(11-17)30-4/h5-11,14H,12-13H2,1-4H3,(H,24,28). The Kier molecular flexibility index (Phi) is 7.43. The third kappa shape index (κ3) is 5.63. The van der Waals surface area contributed by atoms with Gasteiger partial charge in [0.2, 0.25) is 5.82 Å². The molecule has 9 nitrogen and oxygen atoms in total. The van der Waals surface area contributed by atoms with E-state index in [-0.39, 0.29) is 19.0 Å². The summed E-state index contributed by atoms with van der Waals surface area (Å²) < 4.78 is 20.5. The van der Waals surface area contributed by atoms with Crippen molar-refractivity contribution in [1.82, 2.24) is 15.5 Å². The maximum atomic E-state index is 12.3. The first kappa shape index (κ1) is 22.8. The van der Waals surface area contributed by atoms with Crippen LogP contribution in [0.15, 0.2) is 47.0 Å². The van der Waals surface area contributed by atoms with E-state index in [2.05, 4.69) is 29.3 Å². The van der Waals surface area contributed by atoms with Crippen molar-refractivity contribution in [3.05, 3.63) is 59.5 Å². The molecule has 9 heteroatoms. The second-order valence-electron chi connectivity index (χ2n) is 7.20. The fourth-order valence-corrected chi connectivity index (χ4v) is 2.87. The first-order valence-electron chi connectivity index (χ1n) is 10.00. The number of rotatable bonds is 9. The number of hydrogen-bond acceptors (Lipinski definition) is 8. The number of benzene rings is 2. The molecule has 0 spiro atoms. The Bertz CT molecular complexity index is 1080. The molecular weight excluding hydrogens is 414 g/mol. The molecule has 0 aliphatic carbocycles. The van der Waals surface area contributed by atoms with E-state index in [1.165, 1.54) is 25.8 Å². The van der Waals surface area contributed by atoms with Crippen molar-refractivity contribution in [2.45, 2.75) is 26.4 Å². The number of ether oxygens (including phenoxy) is 3. The van der Waals surface area contributed by atoms with Gasteiger partial charge in [0.25, 0.3) is 11.8 Å². The van der Waals surface area contributed by atoms with E-state index in [4.69, 9.17) is 18.7 Å². The Morgan fingerprint density at radius 1 is 1.03 bits per heavy atom. The van der Waals surface area contributed by atoms with Crippen molar-refractivity contribution in [3.8, 4) is 22.9 Å².